The molecule has 2 amide bonds. The number of hydrogen-bond acceptors (Lipinski definition) is 4. The first-order valence-electron chi connectivity index (χ1n) is 7.89. The maximum Gasteiger partial charge on any atom is 0.321 e. The number of benzene rings is 1. The van der Waals surface area contributed by atoms with Crippen LogP contribution in [0.4, 0.5) is 10.5 Å². The fraction of sp³-hybridized carbons (Fsp3) is 0.438. The second-order valence-electron chi connectivity index (χ2n) is 5.89. The number of aromatic amines is 1. The summed E-state index contributed by atoms with van der Waals surface area (Å²) in [6, 6.07) is 7.23. The second kappa shape index (κ2) is 7.04. The van der Waals surface area contributed by atoms with E-state index in [0.29, 0.717) is 17.1 Å². The predicted octanol–water partition coefficient (Wildman–Crippen LogP) is 2.90. The topological polar surface area (TPSA) is 75.2 Å². The molecule has 1 aliphatic heterocycles. The van der Waals surface area contributed by atoms with Gasteiger partial charge in [0, 0.05) is 37.8 Å². The number of aromatic nitrogens is 3. The second-order valence-corrected chi connectivity index (χ2v) is 6.28. The van der Waals surface area contributed by atoms with Crippen molar-refractivity contribution in [3.8, 4) is 5.75 Å². The van der Waals surface area contributed by atoms with Crippen LogP contribution in [0.2, 0.25) is 0 Å². The Morgan fingerprint density at radius 1 is 1.50 bits per heavy atom. The molecule has 3 rings (SSSR count). The first kappa shape index (κ1) is 16.5. The van der Waals surface area contributed by atoms with Crippen molar-refractivity contribution in [2.75, 3.05) is 25.5 Å². The van der Waals surface area contributed by atoms with Gasteiger partial charge < -0.3 is 19.5 Å². The predicted molar refractivity (Wildman–Crippen MR) is 94.0 cm³/mol. The Kier molecular flexibility index (Phi) is 4.84. The number of anilines is 1. The van der Waals surface area contributed by atoms with Gasteiger partial charge in [0.15, 0.2) is 4.77 Å². The lowest BCUT2D eigenvalue weighted by Crippen LogP contribution is -2.42. The van der Waals surface area contributed by atoms with E-state index < -0.39 is 0 Å². The van der Waals surface area contributed by atoms with Gasteiger partial charge in [-0.05, 0) is 37.2 Å². The molecule has 1 aliphatic rings. The lowest BCUT2D eigenvalue weighted by atomic mass is 9.97. The molecule has 1 fully saturated rings. The number of methoxy groups -OCH3 is 1. The van der Waals surface area contributed by atoms with Gasteiger partial charge in [0.2, 0.25) is 0 Å². The molecule has 24 heavy (non-hydrogen) atoms. The van der Waals surface area contributed by atoms with Crippen LogP contribution in [-0.4, -0.2) is 45.9 Å². The normalized spacial score (nSPS) is 17.6. The molecule has 0 spiro atoms. The average Bonchev–Trinajstić information content (AvgIpc) is 2.94. The number of carbonyl (C=O) groups excluding carboxylic acids is 1. The summed E-state index contributed by atoms with van der Waals surface area (Å²) in [5.74, 6) is 1.80. The molecule has 1 saturated heterocycles. The summed E-state index contributed by atoms with van der Waals surface area (Å²) < 4.78 is 7.66. The molecule has 7 nitrogen and oxygen atoms in total. The van der Waals surface area contributed by atoms with Crippen LogP contribution < -0.4 is 10.1 Å². The third-order valence-electron chi connectivity index (χ3n) is 4.31. The highest BCUT2D eigenvalue weighted by Gasteiger charge is 2.27. The zero-order valence-corrected chi connectivity index (χ0v) is 14.6. The molecule has 1 aromatic carbocycles. The number of hydrogen-bond donors (Lipinski definition) is 2. The summed E-state index contributed by atoms with van der Waals surface area (Å²) in [6.45, 7) is 1.37. The van der Waals surface area contributed by atoms with E-state index >= 15 is 0 Å². The Morgan fingerprint density at radius 2 is 2.33 bits per heavy atom. The van der Waals surface area contributed by atoms with Gasteiger partial charge in [-0.2, -0.15) is 5.10 Å². The third kappa shape index (κ3) is 3.43. The highest BCUT2D eigenvalue weighted by atomic mass is 32.1. The van der Waals surface area contributed by atoms with Crippen LogP contribution >= 0.6 is 12.2 Å². The SMILES string of the molecule is COc1cccc(NC(=O)N2CCCC(c3n[nH]c(=S)n3C)C2)c1. The first-order valence-corrected chi connectivity index (χ1v) is 8.30. The van der Waals surface area contributed by atoms with Gasteiger partial charge >= 0.3 is 6.03 Å². The molecular formula is C16H21N5O2S. The molecule has 8 heteroatoms. The van der Waals surface area contributed by atoms with E-state index in [1.54, 1.807) is 13.2 Å². The lowest BCUT2D eigenvalue weighted by Gasteiger charge is -2.32. The molecular weight excluding hydrogens is 326 g/mol. The van der Waals surface area contributed by atoms with Crippen molar-refractivity contribution in [1.29, 1.82) is 0 Å². The monoisotopic (exact) mass is 347 g/mol. The molecule has 1 aromatic heterocycles. The number of likely N-dealkylation sites (tertiary alicyclic amines) is 1. The zero-order valence-electron chi connectivity index (χ0n) is 13.8. The van der Waals surface area contributed by atoms with Crippen molar-refractivity contribution in [1.82, 2.24) is 19.7 Å². The Balaban J connectivity index is 1.68. The van der Waals surface area contributed by atoms with Crippen LogP contribution in [-0.2, 0) is 7.05 Å². The molecule has 128 valence electrons. The van der Waals surface area contributed by atoms with Crippen molar-refractivity contribution in [2.45, 2.75) is 18.8 Å². The van der Waals surface area contributed by atoms with Crippen molar-refractivity contribution >= 4 is 23.9 Å². The maximum absolute atomic E-state index is 12.6. The van der Waals surface area contributed by atoms with Gasteiger partial charge in [-0.3, -0.25) is 5.10 Å². The summed E-state index contributed by atoms with van der Waals surface area (Å²) in [5, 5.41) is 10.1. The number of piperidine rings is 1. The van der Waals surface area contributed by atoms with Gasteiger partial charge in [-0.15, -0.1) is 0 Å². The van der Waals surface area contributed by atoms with E-state index in [2.05, 4.69) is 15.5 Å². The average molecular weight is 347 g/mol. The van der Waals surface area contributed by atoms with Gasteiger partial charge in [0.1, 0.15) is 11.6 Å². The minimum atomic E-state index is -0.107. The molecule has 1 atom stereocenters. The fourth-order valence-electron chi connectivity index (χ4n) is 3.00. The smallest absolute Gasteiger partial charge is 0.321 e. The van der Waals surface area contributed by atoms with Crippen LogP contribution in [0.3, 0.4) is 0 Å². The highest BCUT2D eigenvalue weighted by molar-refractivity contribution is 7.71. The number of ether oxygens (including phenoxy) is 1. The number of nitrogens with one attached hydrogen (secondary N) is 2. The first-order chi connectivity index (χ1) is 11.6. The molecule has 1 unspecified atom stereocenters. The van der Waals surface area contributed by atoms with Crippen molar-refractivity contribution in [3.05, 3.63) is 34.9 Å². The van der Waals surface area contributed by atoms with Crippen LogP contribution in [0, 0.1) is 4.77 Å². The molecule has 0 bridgehead atoms. The van der Waals surface area contributed by atoms with Crippen LogP contribution in [0.15, 0.2) is 24.3 Å². The van der Waals surface area contributed by atoms with Crippen molar-refractivity contribution in [2.24, 2.45) is 7.05 Å². The van der Waals surface area contributed by atoms with Gasteiger partial charge in [0.25, 0.3) is 0 Å². The van der Waals surface area contributed by atoms with E-state index in [9.17, 15) is 4.79 Å². The number of amides is 2. The minimum Gasteiger partial charge on any atom is -0.497 e. The summed E-state index contributed by atoms with van der Waals surface area (Å²) in [7, 11) is 3.50. The van der Waals surface area contributed by atoms with Gasteiger partial charge in [-0.1, -0.05) is 6.07 Å². The largest absolute Gasteiger partial charge is 0.497 e. The summed E-state index contributed by atoms with van der Waals surface area (Å²) in [5.41, 5.74) is 0.722. The lowest BCUT2D eigenvalue weighted by molar-refractivity contribution is 0.190. The van der Waals surface area contributed by atoms with Crippen LogP contribution in [0.25, 0.3) is 0 Å². The quantitative estimate of drug-likeness (QED) is 0.837. The van der Waals surface area contributed by atoms with E-state index in [1.165, 1.54) is 0 Å². The maximum atomic E-state index is 12.6. The molecule has 2 N–H and O–H groups in total. The number of rotatable bonds is 3. The molecule has 2 aromatic rings. The van der Waals surface area contributed by atoms with E-state index in [0.717, 1.165) is 30.9 Å². The third-order valence-corrected chi connectivity index (χ3v) is 4.67. The minimum absolute atomic E-state index is 0.107. The Labute approximate surface area is 145 Å². The number of nitrogens with zero attached hydrogens (tertiary/aromatic N) is 3. The standard InChI is InChI=1S/C16H21N5O2S/c1-20-14(18-19-16(20)24)11-5-4-8-21(10-11)15(22)17-12-6-3-7-13(9-12)23-2/h3,6-7,9,11H,4-5,8,10H2,1-2H3,(H,17,22)(H,19,24). The fourth-order valence-corrected chi connectivity index (χ4v) is 3.14. The van der Waals surface area contributed by atoms with Crippen LogP contribution in [0.5, 0.6) is 5.75 Å². The van der Waals surface area contributed by atoms with Crippen molar-refractivity contribution < 1.29 is 9.53 Å². The summed E-state index contributed by atoms with van der Waals surface area (Å²) in [6.07, 6.45) is 1.94. The highest BCUT2D eigenvalue weighted by Crippen LogP contribution is 2.26. The molecule has 0 saturated carbocycles. The van der Waals surface area contributed by atoms with E-state index in [1.807, 2.05) is 34.7 Å². The molecule has 0 aliphatic carbocycles. The Morgan fingerprint density at radius 3 is 3.04 bits per heavy atom. The zero-order chi connectivity index (χ0) is 17.1. The molecule has 0 radical (unpaired) electrons. The van der Waals surface area contributed by atoms with Crippen LogP contribution in [0.1, 0.15) is 24.6 Å². The number of H-pyrrole nitrogens is 1. The molecule has 2 heterocycles. The Hall–Kier alpha value is -2.35. The number of urea groups is 1. The van der Waals surface area contributed by atoms with Gasteiger partial charge in [-0.25, -0.2) is 4.79 Å². The van der Waals surface area contributed by atoms with Gasteiger partial charge in [0.05, 0.1) is 7.11 Å². The number of carbonyl (C=O) groups is 1. The summed E-state index contributed by atoms with van der Waals surface area (Å²) in [4.78, 5) is 14.4. The van der Waals surface area contributed by atoms with Crippen molar-refractivity contribution in [3.63, 3.8) is 0 Å². The Bertz CT molecular complexity index is 785. The van der Waals surface area contributed by atoms with E-state index in [4.69, 9.17) is 17.0 Å². The van der Waals surface area contributed by atoms with E-state index in [-0.39, 0.29) is 11.9 Å². The summed E-state index contributed by atoms with van der Waals surface area (Å²) >= 11 is 5.17.